The molecule has 0 spiro atoms. The number of carbonyl (C=O) groups is 2. The fourth-order valence-corrected chi connectivity index (χ4v) is 3.24. The van der Waals surface area contributed by atoms with Crippen LogP contribution in [0.2, 0.25) is 0 Å². The van der Waals surface area contributed by atoms with Gasteiger partial charge < -0.3 is 10.0 Å². The lowest BCUT2D eigenvalue weighted by Crippen LogP contribution is -2.32. The van der Waals surface area contributed by atoms with E-state index >= 15 is 0 Å². The molecule has 1 amide bonds. The zero-order valence-corrected chi connectivity index (χ0v) is 17.4. The Morgan fingerprint density at radius 1 is 0.615 bits per heavy atom. The van der Waals surface area contributed by atoms with Crippen molar-refractivity contribution in [3.63, 3.8) is 0 Å². The lowest BCUT2D eigenvalue weighted by molar-refractivity contribution is -0.137. The molecule has 26 heavy (non-hydrogen) atoms. The predicted molar refractivity (Wildman–Crippen MR) is 109 cm³/mol. The molecule has 0 aromatic heterocycles. The molecule has 0 unspecified atom stereocenters. The van der Waals surface area contributed by atoms with Crippen molar-refractivity contribution >= 4 is 11.9 Å². The van der Waals surface area contributed by atoms with E-state index in [1.165, 1.54) is 64.2 Å². The number of aliphatic carboxylic acids is 1. The minimum atomic E-state index is -0.770. The van der Waals surface area contributed by atoms with Gasteiger partial charge in [0.25, 0.3) is 0 Å². The molecule has 4 nitrogen and oxygen atoms in total. The van der Waals surface area contributed by atoms with Crippen molar-refractivity contribution in [3.8, 4) is 0 Å². The summed E-state index contributed by atoms with van der Waals surface area (Å²) in [6.07, 6.45) is 16.9. The predicted octanol–water partition coefficient (Wildman–Crippen LogP) is 6.18. The third-order valence-electron chi connectivity index (χ3n) is 4.95. The van der Waals surface area contributed by atoms with Crippen molar-refractivity contribution in [2.45, 2.75) is 117 Å². The maximum Gasteiger partial charge on any atom is 0.303 e. The average Bonchev–Trinajstić information content (AvgIpc) is 2.62. The first-order valence-electron chi connectivity index (χ1n) is 11.1. The first-order valence-corrected chi connectivity index (χ1v) is 11.1. The van der Waals surface area contributed by atoms with E-state index in [9.17, 15) is 9.59 Å². The topological polar surface area (TPSA) is 57.6 Å². The first-order chi connectivity index (χ1) is 12.6. The molecule has 0 rings (SSSR count). The molecule has 0 atom stereocenters. The summed E-state index contributed by atoms with van der Waals surface area (Å²) in [4.78, 5) is 25.1. The molecule has 0 aliphatic rings. The summed E-state index contributed by atoms with van der Waals surface area (Å²) in [6.45, 7) is 6.20. The van der Waals surface area contributed by atoms with Crippen LogP contribution in [0.5, 0.6) is 0 Å². The molecular formula is C22H43NO3. The van der Waals surface area contributed by atoms with E-state index in [2.05, 4.69) is 13.8 Å². The van der Waals surface area contributed by atoms with Gasteiger partial charge in [-0.05, 0) is 25.7 Å². The van der Waals surface area contributed by atoms with Crippen LogP contribution in [-0.4, -0.2) is 35.0 Å². The van der Waals surface area contributed by atoms with Crippen molar-refractivity contribution in [3.05, 3.63) is 0 Å². The van der Waals surface area contributed by atoms with Crippen LogP contribution in [0.3, 0.4) is 0 Å². The van der Waals surface area contributed by atoms with Crippen LogP contribution >= 0.6 is 0 Å². The molecule has 0 saturated heterocycles. The Bertz CT molecular complexity index is 328. The Morgan fingerprint density at radius 2 is 1.04 bits per heavy atom. The van der Waals surface area contributed by atoms with Crippen molar-refractivity contribution in [2.24, 2.45) is 0 Å². The summed E-state index contributed by atoms with van der Waals surface area (Å²) in [5.41, 5.74) is 0. The Hall–Kier alpha value is -1.06. The van der Waals surface area contributed by atoms with Crippen LogP contribution < -0.4 is 0 Å². The highest BCUT2D eigenvalue weighted by atomic mass is 16.4. The van der Waals surface area contributed by atoms with Crippen molar-refractivity contribution in [1.82, 2.24) is 4.90 Å². The van der Waals surface area contributed by atoms with E-state index < -0.39 is 5.97 Å². The standard InChI is InChI=1S/C22H43NO3/c1-3-5-7-9-11-15-19-23(20-16-12-10-8-6-4-2)21(24)17-13-14-18-22(25)26/h3-20H2,1-2H3,(H,25,26). The molecule has 0 aromatic rings. The lowest BCUT2D eigenvalue weighted by atomic mass is 10.1. The molecule has 0 aromatic carbocycles. The van der Waals surface area contributed by atoms with E-state index in [4.69, 9.17) is 5.11 Å². The lowest BCUT2D eigenvalue weighted by Gasteiger charge is -2.23. The molecule has 0 bridgehead atoms. The third-order valence-corrected chi connectivity index (χ3v) is 4.95. The number of carboxylic acid groups (broad SMARTS) is 1. The Labute approximate surface area is 161 Å². The number of nitrogens with zero attached hydrogens (tertiary/aromatic N) is 1. The summed E-state index contributed by atoms with van der Waals surface area (Å²) in [5.74, 6) is -0.550. The number of amides is 1. The maximum absolute atomic E-state index is 12.5. The van der Waals surface area contributed by atoms with Gasteiger partial charge in [0.2, 0.25) is 5.91 Å². The Kier molecular flexibility index (Phi) is 18.0. The second kappa shape index (κ2) is 18.7. The minimum Gasteiger partial charge on any atom is -0.481 e. The summed E-state index contributed by atoms with van der Waals surface area (Å²) < 4.78 is 0. The number of hydrogen-bond acceptors (Lipinski definition) is 2. The molecule has 0 aliphatic carbocycles. The highest BCUT2D eigenvalue weighted by Gasteiger charge is 2.12. The molecular weight excluding hydrogens is 326 g/mol. The van der Waals surface area contributed by atoms with Gasteiger partial charge in [0.1, 0.15) is 0 Å². The second-order valence-corrected chi connectivity index (χ2v) is 7.52. The Balaban J connectivity index is 4.07. The number of rotatable bonds is 19. The summed E-state index contributed by atoms with van der Waals surface area (Å²) in [6, 6.07) is 0. The Morgan fingerprint density at radius 3 is 1.50 bits per heavy atom. The van der Waals surface area contributed by atoms with Gasteiger partial charge >= 0.3 is 5.97 Å². The van der Waals surface area contributed by atoms with Gasteiger partial charge in [0.15, 0.2) is 0 Å². The summed E-state index contributed by atoms with van der Waals surface area (Å²) >= 11 is 0. The molecule has 0 saturated carbocycles. The molecule has 0 aliphatic heterocycles. The molecule has 4 heteroatoms. The maximum atomic E-state index is 12.5. The fraction of sp³-hybridized carbons (Fsp3) is 0.909. The van der Waals surface area contributed by atoms with Crippen LogP contribution in [0.1, 0.15) is 117 Å². The minimum absolute atomic E-state index is 0.169. The zero-order valence-electron chi connectivity index (χ0n) is 17.4. The van der Waals surface area contributed by atoms with Crippen molar-refractivity contribution in [2.75, 3.05) is 13.1 Å². The van der Waals surface area contributed by atoms with Crippen LogP contribution in [0.4, 0.5) is 0 Å². The third kappa shape index (κ3) is 16.4. The van der Waals surface area contributed by atoms with E-state index in [0.29, 0.717) is 19.3 Å². The van der Waals surface area contributed by atoms with Gasteiger partial charge in [-0.1, -0.05) is 78.1 Å². The van der Waals surface area contributed by atoms with Gasteiger partial charge in [0, 0.05) is 25.9 Å². The van der Waals surface area contributed by atoms with E-state index in [1.54, 1.807) is 0 Å². The van der Waals surface area contributed by atoms with Crippen molar-refractivity contribution < 1.29 is 14.7 Å². The summed E-state index contributed by atoms with van der Waals surface area (Å²) in [5, 5.41) is 8.70. The number of carboxylic acids is 1. The largest absolute Gasteiger partial charge is 0.481 e. The highest BCUT2D eigenvalue weighted by Crippen LogP contribution is 2.11. The van der Waals surface area contributed by atoms with Gasteiger partial charge in [0.05, 0.1) is 0 Å². The number of unbranched alkanes of at least 4 members (excludes halogenated alkanes) is 11. The van der Waals surface area contributed by atoms with Gasteiger partial charge in [-0.3, -0.25) is 9.59 Å². The molecule has 0 heterocycles. The van der Waals surface area contributed by atoms with Crippen LogP contribution in [-0.2, 0) is 9.59 Å². The van der Waals surface area contributed by atoms with Crippen LogP contribution in [0, 0.1) is 0 Å². The SMILES string of the molecule is CCCCCCCCN(CCCCCCCC)C(=O)CCCCC(=O)O. The molecule has 154 valence electrons. The smallest absolute Gasteiger partial charge is 0.303 e. The van der Waals surface area contributed by atoms with E-state index in [-0.39, 0.29) is 12.3 Å². The highest BCUT2D eigenvalue weighted by molar-refractivity contribution is 5.76. The molecule has 1 N–H and O–H groups in total. The van der Waals surface area contributed by atoms with Gasteiger partial charge in [-0.2, -0.15) is 0 Å². The second-order valence-electron chi connectivity index (χ2n) is 7.52. The molecule has 0 radical (unpaired) electrons. The zero-order chi connectivity index (χ0) is 19.5. The van der Waals surface area contributed by atoms with Crippen molar-refractivity contribution in [1.29, 1.82) is 0 Å². The first kappa shape index (κ1) is 24.9. The average molecular weight is 370 g/mol. The monoisotopic (exact) mass is 369 g/mol. The van der Waals surface area contributed by atoms with E-state index in [0.717, 1.165) is 25.9 Å². The number of hydrogen-bond donors (Lipinski definition) is 1. The summed E-state index contributed by atoms with van der Waals surface area (Å²) in [7, 11) is 0. The van der Waals surface area contributed by atoms with Crippen LogP contribution in [0.25, 0.3) is 0 Å². The quantitative estimate of drug-likeness (QED) is 0.276. The fourth-order valence-electron chi connectivity index (χ4n) is 3.24. The van der Waals surface area contributed by atoms with Gasteiger partial charge in [-0.25, -0.2) is 0 Å². The van der Waals surface area contributed by atoms with Crippen LogP contribution in [0.15, 0.2) is 0 Å². The normalized spacial score (nSPS) is 10.8. The number of carbonyl (C=O) groups excluding carboxylic acids is 1. The molecule has 0 fully saturated rings. The van der Waals surface area contributed by atoms with E-state index in [1.807, 2.05) is 4.90 Å². The van der Waals surface area contributed by atoms with Gasteiger partial charge in [-0.15, -0.1) is 0 Å².